The van der Waals surface area contributed by atoms with Crippen molar-refractivity contribution in [2.24, 2.45) is 0 Å². The molecule has 0 saturated carbocycles. The monoisotopic (exact) mass is 572 g/mol. The molecule has 0 aliphatic carbocycles. The van der Waals surface area contributed by atoms with Crippen molar-refractivity contribution in [2.45, 2.75) is 26.2 Å². The summed E-state index contributed by atoms with van der Waals surface area (Å²) in [6.45, 7) is 6.74. The van der Waals surface area contributed by atoms with Crippen LogP contribution in [0.3, 0.4) is 0 Å². The van der Waals surface area contributed by atoms with E-state index in [1.54, 1.807) is 0 Å². The van der Waals surface area contributed by atoms with Crippen LogP contribution in [0, 0.1) is 13.5 Å². The largest absolute Gasteiger partial charge is 2.00 e. The zero-order valence-electron chi connectivity index (χ0n) is 14.4. The quantitative estimate of drug-likeness (QED) is 0.210. The van der Waals surface area contributed by atoms with Gasteiger partial charge in [0.15, 0.2) is 0 Å². The molecule has 0 fully saturated rings. The maximum Gasteiger partial charge on any atom is 2.00 e. The Kier molecular flexibility index (Phi) is 6.96. The summed E-state index contributed by atoms with van der Waals surface area (Å²) in [5.41, 5.74) is 3.66. The van der Waals surface area contributed by atoms with E-state index in [0.29, 0.717) is 0 Å². The van der Waals surface area contributed by atoms with Crippen molar-refractivity contribution in [3.05, 3.63) is 67.8 Å². The fourth-order valence-corrected chi connectivity index (χ4v) is 2.96. The fraction of sp³-hybridized carbons (Fsp3) is 0.200. The van der Waals surface area contributed by atoms with Gasteiger partial charge >= 0.3 is 21.1 Å². The van der Waals surface area contributed by atoms with Crippen molar-refractivity contribution in [3.63, 3.8) is 0 Å². The summed E-state index contributed by atoms with van der Waals surface area (Å²) in [5, 5.41) is 3.57. The van der Waals surface area contributed by atoms with Crippen LogP contribution < -0.4 is 0 Å². The predicted molar refractivity (Wildman–Crippen MR) is 94.2 cm³/mol. The third-order valence-corrected chi connectivity index (χ3v) is 4.13. The van der Waals surface area contributed by atoms with Crippen molar-refractivity contribution < 1.29 is 53.8 Å². The molecule has 0 saturated heterocycles. The van der Waals surface area contributed by atoms with Gasteiger partial charge in [0.05, 0.1) is 5.65 Å². The van der Waals surface area contributed by atoms with Crippen LogP contribution in [0.25, 0.3) is 27.3 Å². The Bertz CT molecular complexity index is 983. The molecule has 1 radical (unpaired) electrons. The van der Waals surface area contributed by atoms with Crippen molar-refractivity contribution >= 4 is 27.3 Å². The SMILES string of the molecule is CC(C)(C)c1ccc2c(c1)c1ccc[c-]c1c1nccn21.[CH3-].[Pt+2].[Y]. The molecule has 24 heavy (non-hydrogen) atoms. The summed E-state index contributed by atoms with van der Waals surface area (Å²) in [4.78, 5) is 4.50. The molecule has 123 valence electrons. The zero-order chi connectivity index (χ0) is 14.6. The number of fused-ring (bicyclic) bond motifs is 6. The van der Waals surface area contributed by atoms with E-state index in [9.17, 15) is 0 Å². The molecule has 0 N–H and O–H groups in total. The van der Waals surface area contributed by atoms with Gasteiger partial charge in [0.1, 0.15) is 0 Å². The molecule has 0 spiro atoms. The zero-order valence-corrected chi connectivity index (χ0v) is 19.5. The van der Waals surface area contributed by atoms with Gasteiger partial charge in [-0.05, 0) is 22.4 Å². The van der Waals surface area contributed by atoms with Crippen LogP contribution in [0.5, 0.6) is 0 Å². The molecular weight excluding hydrogens is 552 g/mol. The van der Waals surface area contributed by atoms with Gasteiger partial charge in [0, 0.05) is 50.6 Å². The maximum atomic E-state index is 4.50. The van der Waals surface area contributed by atoms with E-state index in [-0.39, 0.29) is 66.6 Å². The van der Waals surface area contributed by atoms with Gasteiger partial charge in [-0.1, -0.05) is 38.3 Å². The summed E-state index contributed by atoms with van der Waals surface area (Å²) in [6, 6.07) is 16.2. The van der Waals surface area contributed by atoms with Crippen molar-refractivity contribution in [1.29, 1.82) is 0 Å². The standard InChI is InChI=1S/C19H17N2.CH3.Pt.Y/c1-19(2,3)13-8-9-17-16(12-13)14-6-4-5-7-15(14)18-20-10-11-21(17)18;;;/h4-6,8-12H,1-3H3;1H3;;/q2*-1;+2;. The van der Waals surface area contributed by atoms with Crippen molar-refractivity contribution in [3.8, 4) is 0 Å². The number of hydrogen-bond acceptors (Lipinski definition) is 1. The minimum Gasteiger partial charge on any atom is -0.358 e. The van der Waals surface area contributed by atoms with E-state index < -0.39 is 0 Å². The summed E-state index contributed by atoms with van der Waals surface area (Å²) < 4.78 is 2.15. The number of hydrogen-bond donors (Lipinski definition) is 0. The van der Waals surface area contributed by atoms with Gasteiger partial charge in [-0.2, -0.15) is 0 Å². The maximum absolute atomic E-state index is 4.50. The number of rotatable bonds is 0. The first kappa shape index (κ1) is 21.5. The predicted octanol–water partition coefficient (Wildman–Crippen LogP) is 5.18. The molecular formula is C20H20N2PtY. The van der Waals surface area contributed by atoms with Crippen LogP contribution in [-0.4, -0.2) is 9.38 Å². The summed E-state index contributed by atoms with van der Waals surface area (Å²) in [5.74, 6) is 0. The Morgan fingerprint density at radius 1 is 1.08 bits per heavy atom. The van der Waals surface area contributed by atoms with Crippen LogP contribution in [0.4, 0.5) is 0 Å². The normalized spacial score (nSPS) is 11.0. The minimum atomic E-state index is 0. The first-order chi connectivity index (χ1) is 10.1. The number of imidazole rings is 1. The molecule has 0 atom stereocenters. The van der Waals surface area contributed by atoms with Crippen LogP contribution in [-0.2, 0) is 59.2 Å². The molecule has 4 aromatic rings. The topological polar surface area (TPSA) is 17.3 Å². The van der Waals surface area contributed by atoms with Crippen LogP contribution >= 0.6 is 0 Å². The summed E-state index contributed by atoms with van der Waals surface area (Å²) in [6.07, 6.45) is 3.88. The smallest absolute Gasteiger partial charge is 0.358 e. The number of benzene rings is 2. The van der Waals surface area contributed by atoms with Crippen LogP contribution in [0.2, 0.25) is 0 Å². The third-order valence-electron chi connectivity index (χ3n) is 4.13. The summed E-state index contributed by atoms with van der Waals surface area (Å²) in [7, 11) is 0. The molecule has 0 aliphatic heterocycles. The van der Waals surface area contributed by atoms with E-state index >= 15 is 0 Å². The molecule has 2 aromatic carbocycles. The molecule has 4 heteroatoms. The second-order valence-corrected chi connectivity index (χ2v) is 6.56. The molecule has 4 rings (SSSR count). The number of nitrogens with zero attached hydrogens (tertiary/aromatic N) is 2. The van der Waals surface area contributed by atoms with Gasteiger partial charge in [-0.3, -0.25) is 4.98 Å². The first-order valence-corrected chi connectivity index (χ1v) is 7.25. The van der Waals surface area contributed by atoms with E-state index in [1.807, 2.05) is 24.5 Å². The average Bonchev–Trinajstić information content (AvgIpc) is 2.96. The van der Waals surface area contributed by atoms with E-state index in [2.05, 4.69) is 60.5 Å². The van der Waals surface area contributed by atoms with Crippen molar-refractivity contribution in [2.75, 3.05) is 0 Å². The van der Waals surface area contributed by atoms with E-state index in [1.165, 1.54) is 21.9 Å². The van der Waals surface area contributed by atoms with Gasteiger partial charge in [0.25, 0.3) is 0 Å². The van der Waals surface area contributed by atoms with Crippen molar-refractivity contribution in [1.82, 2.24) is 9.38 Å². The Morgan fingerprint density at radius 2 is 1.83 bits per heavy atom. The molecule has 0 amide bonds. The molecule has 0 aliphatic rings. The Labute approximate surface area is 183 Å². The Morgan fingerprint density at radius 3 is 2.54 bits per heavy atom. The Hall–Kier alpha value is -0.558. The van der Waals surface area contributed by atoms with Gasteiger partial charge in [0.2, 0.25) is 0 Å². The fourth-order valence-electron chi connectivity index (χ4n) is 2.96. The third kappa shape index (κ3) is 3.39. The summed E-state index contributed by atoms with van der Waals surface area (Å²) >= 11 is 0. The van der Waals surface area contributed by atoms with Crippen LogP contribution in [0.15, 0.2) is 48.8 Å². The molecule has 2 heterocycles. The van der Waals surface area contributed by atoms with Crippen LogP contribution in [0.1, 0.15) is 26.3 Å². The molecule has 2 aromatic heterocycles. The van der Waals surface area contributed by atoms with Gasteiger partial charge < -0.3 is 11.8 Å². The van der Waals surface area contributed by atoms with E-state index in [0.717, 1.165) is 11.0 Å². The molecule has 0 bridgehead atoms. The van der Waals surface area contributed by atoms with E-state index in [4.69, 9.17) is 0 Å². The van der Waals surface area contributed by atoms with Gasteiger partial charge in [-0.15, -0.1) is 29.7 Å². The Balaban J connectivity index is 0.000000960. The van der Waals surface area contributed by atoms with Gasteiger partial charge in [-0.25, -0.2) is 0 Å². The number of pyridine rings is 1. The average molecular weight is 572 g/mol. The second-order valence-electron chi connectivity index (χ2n) is 6.56. The number of aromatic nitrogens is 2. The first-order valence-electron chi connectivity index (χ1n) is 7.25. The second kappa shape index (κ2) is 7.77. The minimum absolute atomic E-state index is 0. The molecule has 2 nitrogen and oxygen atoms in total. The molecule has 0 unspecified atom stereocenters.